The predicted molar refractivity (Wildman–Crippen MR) is 65.6 cm³/mol. The lowest BCUT2D eigenvalue weighted by molar-refractivity contribution is 0.133. The molecule has 90 valence electrons. The molecule has 0 saturated heterocycles. The highest BCUT2D eigenvalue weighted by Crippen LogP contribution is 2.17. The Balaban J connectivity index is 2.55. The Kier molecular flexibility index (Phi) is 4.33. The molecule has 16 heavy (non-hydrogen) atoms. The molecule has 0 aliphatic heterocycles. The molecule has 2 unspecified atom stereocenters. The van der Waals surface area contributed by atoms with Gasteiger partial charge in [0, 0.05) is 12.0 Å². The average molecular weight is 223 g/mol. The summed E-state index contributed by atoms with van der Waals surface area (Å²) in [4.78, 5) is 0. The van der Waals surface area contributed by atoms with E-state index in [1.54, 1.807) is 0 Å². The zero-order valence-electron chi connectivity index (χ0n) is 10.2. The highest BCUT2D eigenvalue weighted by atomic mass is 16.5. The van der Waals surface area contributed by atoms with Crippen molar-refractivity contribution in [3.05, 3.63) is 29.8 Å². The first-order valence-electron chi connectivity index (χ1n) is 5.56. The zero-order chi connectivity index (χ0) is 12.2. The van der Waals surface area contributed by atoms with Crippen LogP contribution in [0.3, 0.4) is 0 Å². The molecule has 1 aromatic rings. The maximum absolute atomic E-state index is 9.07. The van der Waals surface area contributed by atoms with E-state index in [0.717, 1.165) is 5.75 Å². The number of aryl methyl sites for hydroxylation is 1. The summed E-state index contributed by atoms with van der Waals surface area (Å²) in [5.74, 6) is 0.848. The molecule has 3 nitrogen and oxygen atoms in total. The second-order valence-corrected chi connectivity index (χ2v) is 4.76. The van der Waals surface area contributed by atoms with Gasteiger partial charge in [-0.3, -0.25) is 0 Å². The molecule has 0 radical (unpaired) electrons. The lowest BCUT2D eigenvalue weighted by Gasteiger charge is -2.26. The van der Waals surface area contributed by atoms with Crippen LogP contribution in [0.5, 0.6) is 5.75 Å². The van der Waals surface area contributed by atoms with Crippen molar-refractivity contribution in [2.45, 2.75) is 38.8 Å². The predicted octanol–water partition coefficient (Wildman–Crippen LogP) is 1.86. The van der Waals surface area contributed by atoms with E-state index in [1.807, 2.05) is 45.0 Å². The molecule has 0 saturated carbocycles. The molecule has 0 heterocycles. The fourth-order valence-corrected chi connectivity index (χ4v) is 1.68. The van der Waals surface area contributed by atoms with Crippen molar-refractivity contribution in [2.24, 2.45) is 5.73 Å². The van der Waals surface area contributed by atoms with Gasteiger partial charge in [0.05, 0.1) is 12.7 Å². The molecule has 0 bridgehead atoms. The van der Waals surface area contributed by atoms with Crippen LogP contribution in [0.2, 0.25) is 0 Å². The average Bonchev–Trinajstić information content (AvgIpc) is 2.16. The van der Waals surface area contributed by atoms with Crippen molar-refractivity contribution < 1.29 is 9.84 Å². The third-order valence-corrected chi connectivity index (χ3v) is 2.44. The Labute approximate surface area is 97.2 Å². The number of benzene rings is 1. The molecule has 0 aliphatic carbocycles. The van der Waals surface area contributed by atoms with E-state index in [0.29, 0.717) is 6.42 Å². The van der Waals surface area contributed by atoms with Gasteiger partial charge >= 0.3 is 0 Å². The van der Waals surface area contributed by atoms with Crippen molar-refractivity contribution in [1.29, 1.82) is 0 Å². The summed E-state index contributed by atoms with van der Waals surface area (Å²) < 4.78 is 5.74. The van der Waals surface area contributed by atoms with Crippen LogP contribution in [0.4, 0.5) is 0 Å². The van der Waals surface area contributed by atoms with Crippen LogP contribution in [0, 0.1) is 6.92 Å². The fraction of sp³-hybridized carbons (Fsp3) is 0.538. The second kappa shape index (κ2) is 5.32. The van der Waals surface area contributed by atoms with Crippen LogP contribution in [0.25, 0.3) is 0 Å². The lowest BCUT2D eigenvalue weighted by atomic mass is 9.97. The number of aliphatic hydroxyl groups excluding tert-OH is 1. The van der Waals surface area contributed by atoms with E-state index in [1.165, 1.54) is 5.56 Å². The van der Waals surface area contributed by atoms with Gasteiger partial charge in [-0.25, -0.2) is 0 Å². The quantitative estimate of drug-likeness (QED) is 0.801. The van der Waals surface area contributed by atoms with Gasteiger partial charge < -0.3 is 15.6 Å². The number of rotatable bonds is 5. The largest absolute Gasteiger partial charge is 0.491 e. The van der Waals surface area contributed by atoms with Crippen LogP contribution in [-0.2, 0) is 0 Å². The van der Waals surface area contributed by atoms with E-state index < -0.39 is 5.54 Å². The van der Waals surface area contributed by atoms with Gasteiger partial charge in [0.25, 0.3) is 0 Å². The molecule has 0 aromatic heterocycles. The summed E-state index contributed by atoms with van der Waals surface area (Å²) in [6, 6.07) is 7.91. The Morgan fingerprint density at radius 3 is 2.75 bits per heavy atom. The van der Waals surface area contributed by atoms with E-state index in [4.69, 9.17) is 15.6 Å². The standard InChI is InChI=1S/C13H21NO2/c1-10-5-4-6-12(7-10)16-11(2)8-13(3,14)9-15/h4-7,11,15H,8-9,14H2,1-3H3. The van der Waals surface area contributed by atoms with Crippen molar-refractivity contribution in [3.63, 3.8) is 0 Å². The fourth-order valence-electron chi connectivity index (χ4n) is 1.68. The Morgan fingerprint density at radius 1 is 1.50 bits per heavy atom. The Morgan fingerprint density at radius 2 is 2.19 bits per heavy atom. The molecule has 0 spiro atoms. The third kappa shape index (κ3) is 4.21. The van der Waals surface area contributed by atoms with Gasteiger partial charge in [0.1, 0.15) is 5.75 Å². The molecule has 0 amide bonds. The first-order valence-corrected chi connectivity index (χ1v) is 5.56. The minimum Gasteiger partial charge on any atom is -0.491 e. The number of hydrogen-bond acceptors (Lipinski definition) is 3. The molecule has 3 N–H and O–H groups in total. The highest BCUT2D eigenvalue weighted by Gasteiger charge is 2.21. The van der Waals surface area contributed by atoms with Gasteiger partial charge in [-0.15, -0.1) is 0 Å². The molecule has 1 rings (SSSR count). The molecule has 3 heteroatoms. The number of aliphatic hydroxyl groups is 1. The number of nitrogens with two attached hydrogens (primary N) is 1. The molecule has 1 aromatic carbocycles. The first-order chi connectivity index (χ1) is 7.43. The van der Waals surface area contributed by atoms with Crippen molar-refractivity contribution >= 4 is 0 Å². The van der Waals surface area contributed by atoms with E-state index in [-0.39, 0.29) is 12.7 Å². The maximum atomic E-state index is 9.07. The second-order valence-electron chi connectivity index (χ2n) is 4.76. The zero-order valence-corrected chi connectivity index (χ0v) is 10.2. The van der Waals surface area contributed by atoms with Gasteiger partial charge in [-0.05, 0) is 38.5 Å². The third-order valence-electron chi connectivity index (χ3n) is 2.44. The van der Waals surface area contributed by atoms with Gasteiger partial charge in [0.15, 0.2) is 0 Å². The minimum atomic E-state index is -0.580. The Bertz CT molecular complexity index is 336. The highest BCUT2D eigenvalue weighted by molar-refractivity contribution is 5.27. The SMILES string of the molecule is Cc1cccc(OC(C)CC(C)(N)CO)c1. The van der Waals surface area contributed by atoms with Crippen molar-refractivity contribution in [3.8, 4) is 5.75 Å². The van der Waals surface area contributed by atoms with Gasteiger partial charge in [0.2, 0.25) is 0 Å². The van der Waals surface area contributed by atoms with Crippen LogP contribution >= 0.6 is 0 Å². The van der Waals surface area contributed by atoms with E-state index >= 15 is 0 Å². The van der Waals surface area contributed by atoms with Gasteiger partial charge in [-0.2, -0.15) is 0 Å². The maximum Gasteiger partial charge on any atom is 0.119 e. The van der Waals surface area contributed by atoms with Crippen molar-refractivity contribution in [1.82, 2.24) is 0 Å². The molecule has 2 atom stereocenters. The summed E-state index contributed by atoms with van der Waals surface area (Å²) in [7, 11) is 0. The number of ether oxygens (including phenoxy) is 1. The van der Waals surface area contributed by atoms with Crippen LogP contribution < -0.4 is 10.5 Å². The minimum absolute atomic E-state index is 0.0102. The van der Waals surface area contributed by atoms with E-state index in [2.05, 4.69) is 0 Å². The number of hydrogen-bond donors (Lipinski definition) is 2. The molecular formula is C13H21NO2. The summed E-state index contributed by atoms with van der Waals surface area (Å²) in [5.41, 5.74) is 6.46. The smallest absolute Gasteiger partial charge is 0.119 e. The first kappa shape index (κ1) is 13.0. The van der Waals surface area contributed by atoms with E-state index in [9.17, 15) is 0 Å². The van der Waals surface area contributed by atoms with Crippen LogP contribution in [-0.4, -0.2) is 23.4 Å². The van der Waals surface area contributed by atoms with Crippen molar-refractivity contribution in [2.75, 3.05) is 6.61 Å². The lowest BCUT2D eigenvalue weighted by Crippen LogP contribution is -2.43. The normalized spacial score (nSPS) is 16.6. The summed E-state index contributed by atoms with van der Waals surface area (Å²) in [6.45, 7) is 5.78. The molecule has 0 fully saturated rings. The topological polar surface area (TPSA) is 55.5 Å². The monoisotopic (exact) mass is 223 g/mol. The Hall–Kier alpha value is -1.06. The van der Waals surface area contributed by atoms with Crippen LogP contribution in [0.1, 0.15) is 25.8 Å². The summed E-state index contributed by atoms with van der Waals surface area (Å²) in [5, 5.41) is 9.07. The molecular weight excluding hydrogens is 202 g/mol. The van der Waals surface area contributed by atoms with Gasteiger partial charge in [-0.1, -0.05) is 12.1 Å². The van der Waals surface area contributed by atoms with Crippen LogP contribution in [0.15, 0.2) is 24.3 Å². The molecule has 0 aliphatic rings. The summed E-state index contributed by atoms with van der Waals surface area (Å²) in [6.07, 6.45) is 0.612. The summed E-state index contributed by atoms with van der Waals surface area (Å²) >= 11 is 0.